The zero-order valence-electron chi connectivity index (χ0n) is 35.2. The minimum Gasteiger partial charge on any atom is -0.490 e. The van der Waals surface area contributed by atoms with Gasteiger partial charge in [-0.3, -0.25) is 0 Å². The molecule has 0 radical (unpaired) electrons. The van der Waals surface area contributed by atoms with E-state index in [-0.39, 0.29) is 5.41 Å². The third kappa shape index (κ3) is 4.82. The highest BCUT2D eigenvalue weighted by Crippen LogP contribution is 2.74. The van der Waals surface area contributed by atoms with E-state index in [0.29, 0.717) is 27.8 Å². The predicted molar refractivity (Wildman–Crippen MR) is 220 cm³/mol. The third-order valence-corrected chi connectivity index (χ3v) is 21.3. The van der Waals surface area contributed by atoms with Crippen LogP contribution in [0.2, 0.25) is 0 Å². The van der Waals surface area contributed by atoms with Crippen LogP contribution in [0.5, 0.6) is 5.75 Å². The smallest absolute Gasteiger partial charge is 0.127 e. The number of ether oxygens (including phenoxy) is 2. The number of benzene rings is 1. The molecule has 17 fully saturated rings. The summed E-state index contributed by atoms with van der Waals surface area (Å²) in [6.07, 6.45) is 36.8. The Kier molecular flexibility index (Phi) is 6.77. The van der Waals surface area contributed by atoms with Gasteiger partial charge in [-0.15, -0.1) is 0 Å². The normalized spacial score (nSPS) is 54.2. The number of hydrogen-bond acceptors (Lipinski definition) is 2. The highest BCUT2D eigenvalue weighted by Gasteiger charge is 2.64. The summed E-state index contributed by atoms with van der Waals surface area (Å²) in [5.74, 6) is 13.2. The Bertz CT molecular complexity index is 1540. The highest BCUT2D eigenvalue weighted by atomic mass is 16.6. The van der Waals surface area contributed by atoms with Crippen LogP contribution in [-0.2, 0) is 31.8 Å². The minimum atomic E-state index is 0.142. The maximum Gasteiger partial charge on any atom is 0.127 e. The van der Waals surface area contributed by atoms with Crippen molar-refractivity contribution in [3.05, 3.63) is 27.8 Å². The van der Waals surface area contributed by atoms with Crippen LogP contribution in [0.4, 0.5) is 0 Å². The zero-order chi connectivity index (χ0) is 36.3. The van der Waals surface area contributed by atoms with E-state index in [9.17, 15) is 0 Å². The highest BCUT2D eigenvalue weighted by molar-refractivity contribution is 5.68. The summed E-state index contributed by atoms with van der Waals surface area (Å²) in [5.41, 5.74) is 11.5. The summed E-state index contributed by atoms with van der Waals surface area (Å²) in [7, 11) is 0. The molecule has 0 spiro atoms. The van der Waals surface area contributed by atoms with E-state index in [0.717, 1.165) is 84.2 Å². The lowest BCUT2D eigenvalue weighted by atomic mass is 9.40. The van der Waals surface area contributed by atoms with Crippen LogP contribution in [0.15, 0.2) is 0 Å². The van der Waals surface area contributed by atoms with Gasteiger partial charge in [0.1, 0.15) is 18.5 Å². The van der Waals surface area contributed by atoms with Crippen molar-refractivity contribution in [3.63, 3.8) is 0 Å². The van der Waals surface area contributed by atoms with Gasteiger partial charge in [-0.25, -0.2) is 0 Å². The van der Waals surface area contributed by atoms with E-state index in [2.05, 4.69) is 20.8 Å². The fourth-order valence-corrected chi connectivity index (χ4v) is 21.7. The van der Waals surface area contributed by atoms with Crippen LogP contribution in [0, 0.1) is 71.0 Å². The number of epoxide rings is 1. The van der Waals surface area contributed by atoms with Crippen molar-refractivity contribution in [3.8, 4) is 5.75 Å². The number of hydrogen-bond donors (Lipinski definition) is 0. The average Bonchev–Trinajstić information content (AvgIpc) is 3.92. The van der Waals surface area contributed by atoms with Crippen LogP contribution in [0.25, 0.3) is 0 Å². The molecule has 1 atom stereocenters. The molecular weight excluding hydrogens is 669 g/mol. The Labute approximate surface area is 334 Å². The first-order valence-corrected chi connectivity index (χ1v) is 25.0. The molecule has 55 heavy (non-hydrogen) atoms. The maximum absolute atomic E-state index is 8.02. The molecular formula is C53H74O2. The van der Waals surface area contributed by atoms with Gasteiger partial charge < -0.3 is 9.47 Å². The van der Waals surface area contributed by atoms with Crippen LogP contribution in [0.3, 0.4) is 0 Å². The molecule has 1 saturated heterocycles. The average molecular weight is 743 g/mol. The molecule has 298 valence electrons. The second-order valence-corrected chi connectivity index (χ2v) is 26.5. The first-order valence-electron chi connectivity index (χ1n) is 25.0. The van der Waals surface area contributed by atoms with Crippen molar-refractivity contribution < 1.29 is 9.47 Å². The van der Waals surface area contributed by atoms with E-state index in [1.54, 1.807) is 44.3 Å². The van der Waals surface area contributed by atoms with Crippen molar-refractivity contribution in [1.82, 2.24) is 0 Å². The lowest BCUT2D eigenvalue weighted by Gasteiger charge is -2.65. The largest absolute Gasteiger partial charge is 0.490 e. The van der Waals surface area contributed by atoms with Crippen molar-refractivity contribution in [2.75, 3.05) is 13.2 Å². The summed E-state index contributed by atoms with van der Waals surface area (Å²) in [4.78, 5) is 0. The Morgan fingerprint density at radius 1 is 0.418 bits per heavy atom. The molecule has 18 rings (SSSR count). The third-order valence-electron chi connectivity index (χ3n) is 21.3. The van der Waals surface area contributed by atoms with Crippen molar-refractivity contribution in [2.45, 2.75) is 208 Å². The van der Waals surface area contributed by atoms with Crippen molar-refractivity contribution in [1.29, 1.82) is 0 Å². The molecule has 16 aliphatic carbocycles. The lowest BCUT2D eigenvalue weighted by molar-refractivity contribution is -0.0256. The first-order chi connectivity index (χ1) is 26.5. The summed E-state index contributed by atoms with van der Waals surface area (Å²) >= 11 is 0. The van der Waals surface area contributed by atoms with Gasteiger partial charge in [0.2, 0.25) is 0 Å². The van der Waals surface area contributed by atoms with Crippen molar-refractivity contribution >= 4 is 0 Å². The molecule has 1 unspecified atom stereocenters. The van der Waals surface area contributed by atoms with E-state index in [1.165, 1.54) is 116 Å². The molecule has 17 aliphatic rings. The van der Waals surface area contributed by atoms with Crippen LogP contribution < -0.4 is 4.74 Å². The van der Waals surface area contributed by atoms with Crippen LogP contribution in [-0.4, -0.2) is 19.3 Å². The van der Waals surface area contributed by atoms with Crippen molar-refractivity contribution in [2.24, 2.45) is 71.0 Å². The Balaban J connectivity index is 1.13. The van der Waals surface area contributed by atoms with E-state index in [1.807, 2.05) is 27.8 Å². The molecule has 0 amide bonds. The van der Waals surface area contributed by atoms with E-state index >= 15 is 0 Å². The molecule has 1 aromatic carbocycles. The van der Waals surface area contributed by atoms with Gasteiger partial charge >= 0.3 is 0 Å². The summed E-state index contributed by atoms with van der Waals surface area (Å²) in [6.45, 7) is 9.99. The molecule has 1 aliphatic heterocycles. The van der Waals surface area contributed by atoms with Crippen LogP contribution >= 0.6 is 0 Å². The predicted octanol–water partition coefficient (Wildman–Crippen LogP) is 12.6. The van der Waals surface area contributed by atoms with Gasteiger partial charge in [0.25, 0.3) is 0 Å². The van der Waals surface area contributed by atoms with E-state index in [4.69, 9.17) is 9.47 Å². The second kappa shape index (κ2) is 11.0. The molecule has 0 N–H and O–H groups in total. The molecule has 2 nitrogen and oxygen atoms in total. The Morgan fingerprint density at radius 2 is 0.655 bits per heavy atom. The summed E-state index contributed by atoms with van der Waals surface area (Å²) in [6, 6.07) is 0. The van der Waals surface area contributed by atoms with Gasteiger partial charge in [-0.1, -0.05) is 20.8 Å². The lowest BCUT2D eigenvalue weighted by Crippen LogP contribution is -2.56. The minimum absolute atomic E-state index is 0.142. The molecule has 16 bridgehead atoms. The SMILES string of the molecule is CC(C)(C)c1c(C23CC4CC(CC(C4)C2)C3)c(C23CC4CC(CC(C4)C2)C3)c(OCC2CO2)c(C23CC4CC(CC(C4)C2)C3)c1C12CC3CC(CC(C3)C1)C2. The fourth-order valence-electron chi connectivity index (χ4n) is 21.7. The summed E-state index contributed by atoms with van der Waals surface area (Å²) in [5, 5.41) is 0. The Hall–Kier alpha value is -1.02. The van der Waals surface area contributed by atoms with Gasteiger partial charge in [0.15, 0.2) is 0 Å². The monoisotopic (exact) mass is 743 g/mol. The topological polar surface area (TPSA) is 21.8 Å². The molecule has 16 saturated carbocycles. The second-order valence-electron chi connectivity index (χ2n) is 26.5. The molecule has 1 aromatic rings. The van der Waals surface area contributed by atoms with Gasteiger partial charge in [-0.2, -0.15) is 0 Å². The first kappa shape index (κ1) is 33.8. The fraction of sp³-hybridized carbons (Fsp3) is 0.887. The van der Waals surface area contributed by atoms with E-state index < -0.39 is 0 Å². The molecule has 0 aromatic heterocycles. The van der Waals surface area contributed by atoms with Crippen LogP contribution in [0.1, 0.15) is 203 Å². The van der Waals surface area contributed by atoms with Gasteiger partial charge in [-0.05, 0) is 258 Å². The molecule has 1 heterocycles. The number of rotatable bonds is 7. The van der Waals surface area contributed by atoms with Gasteiger partial charge in [0.05, 0.1) is 6.61 Å². The molecule has 2 heteroatoms. The Morgan fingerprint density at radius 3 is 0.873 bits per heavy atom. The standard InChI is InChI=1S/C53H74O2/c1-49(2,3)43-44(50-16-30-4-31(17-50)6-32(5-30)18-50)46(52-22-36-10-37(23-52)12-38(11-36)24-52)48(55-29-42-28-54-42)47(53-25-39-13-40(26-53)15-41(14-39)27-53)45(43)51-19-33-7-34(20-51)9-35(8-33)21-51/h30-42H,4-29H2,1-3H3. The quantitative estimate of drug-likeness (QED) is 0.260. The summed E-state index contributed by atoms with van der Waals surface area (Å²) < 4.78 is 14.1. The van der Waals surface area contributed by atoms with Gasteiger partial charge in [0, 0.05) is 22.0 Å². The maximum atomic E-state index is 8.02. The zero-order valence-corrected chi connectivity index (χ0v) is 35.2.